The SMILES string of the molecule is COPOC.Cl. The zero-order valence-electron chi connectivity index (χ0n) is 3.72. The third-order valence-electron chi connectivity index (χ3n) is 0.167. The van der Waals surface area contributed by atoms with Crippen molar-refractivity contribution in [3.63, 3.8) is 0 Å². The second kappa shape index (κ2) is 9.16. The molecular formula is C2H8ClO2P. The lowest BCUT2D eigenvalue weighted by Gasteiger charge is -1.86. The summed E-state index contributed by atoms with van der Waals surface area (Å²) in [4.78, 5) is 0. The number of rotatable bonds is 2. The number of hydrogen-bond acceptors (Lipinski definition) is 2. The maximum absolute atomic E-state index is 4.50. The van der Waals surface area contributed by atoms with Crippen LogP contribution in [0.3, 0.4) is 0 Å². The highest BCUT2D eigenvalue weighted by Crippen LogP contribution is 2.05. The van der Waals surface area contributed by atoms with Gasteiger partial charge in [-0.15, -0.1) is 12.4 Å². The maximum Gasteiger partial charge on any atom is 0.154 e. The van der Waals surface area contributed by atoms with Crippen LogP contribution in [0.25, 0.3) is 0 Å². The highest BCUT2D eigenvalue weighted by atomic mass is 35.5. The van der Waals surface area contributed by atoms with Gasteiger partial charge in [-0.05, 0) is 0 Å². The Kier molecular flexibility index (Phi) is 15.0. The van der Waals surface area contributed by atoms with Crippen molar-refractivity contribution in [1.29, 1.82) is 0 Å². The van der Waals surface area contributed by atoms with Crippen molar-refractivity contribution in [2.24, 2.45) is 0 Å². The molecule has 0 aliphatic heterocycles. The average Bonchev–Trinajstić information content (AvgIpc) is 1.41. The van der Waals surface area contributed by atoms with Gasteiger partial charge in [-0.1, -0.05) is 0 Å². The first-order valence-electron chi connectivity index (χ1n) is 1.22. The van der Waals surface area contributed by atoms with Crippen LogP contribution >= 0.6 is 21.4 Å². The smallest absolute Gasteiger partial charge is 0.154 e. The van der Waals surface area contributed by atoms with Crippen molar-refractivity contribution < 1.29 is 9.05 Å². The molecule has 0 aromatic heterocycles. The Hall–Kier alpha value is 0.640. The first kappa shape index (κ1) is 9.81. The fourth-order valence-electron chi connectivity index (χ4n) is 0.0833. The van der Waals surface area contributed by atoms with Crippen LogP contribution < -0.4 is 0 Å². The summed E-state index contributed by atoms with van der Waals surface area (Å²) in [6, 6.07) is 0. The molecule has 4 heteroatoms. The fraction of sp³-hybridized carbons (Fsp3) is 1.00. The Morgan fingerprint density at radius 3 is 1.50 bits per heavy atom. The highest BCUT2D eigenvalue weighted by Gasteiger charge is 1.64. The van der Waals surface area contributed by atoms with E-state index in [0.717, 1.165) is 0 Å². The summed E-state index contributed by atoms with van der Waals surface area (Å²) >= 11 is 0. The predicted molar refractivity (Wildman–Crippen MR) is 29.6 cm³/mol. The molecule has 0 saturated heterocycles. The van der Waals surface area contributed by atoms with E-state index in [1.165, 1.54) is 0 Å². The van der Waals surface area contributed by atoms with Crippen molar-refractivity contribution in [3.8, 4) is 0 Å². The van der Waals surface area contributed by atoms with Crippen LogP contribution in [0.15, 0.2) is 0 Å². The number of halogens is 1. The first-order valence-corrected chi connectivity index (χ1v) is 2.04. The molecule has 0 radical (unpaired) electrons. The van der Waals surface area contributed by atoms with Gasteiger partial charge in [-0.3, -0.25) is 0 Å². The molecule has 0 heterocycles. The van der Waals surface area contributed by atoms with E-state index in [2.05, 4.69) is 9.05 Å². The van der Waals surface area contributed by atoms with Crippen LogP contribution in [0.4, 0.5) is 0 Å². The zero-order chi connectivity index (χ0) is 4.12. The van der Waals surface area contributed by atoms with Gasteiger partial charge < -0.3 is 9.05 Å². The van der Waals surface area contributed by atoms with Crippen molar-refractivity contribution in [2.75, 3.05) is 14.2 Å². The second-order valence-electron chi connectivity index (χ2n) is 0.492. The predicted octanol–water partition coefficient (Wildman–Crippen LogP) is 1.21. The maximum atomic E-state index is 4.50. The van der Waals surface area contributed by atoms with E-state index in [9.17, 15) is 0 Å². The van der Waals surface area contributed by atoms with Gasteiger partial charge in [0, 0.05) is 14.2 Å². The molecule has 0 aliphatic carbocycles. The van der Waals surface area contributed by atoms with E-state index in [0.29, 0.717) is 0 Å². The van der Waals surface area contributed by atoms with Crippen LogP contribution in [-0.2, 0) is 9.05 Å². The van der Waals surface area contributed by atoms with E-state index in [1.54, 1.807) is 14.2 Å². The minimum absolute atomic E-state index is 0. The molecular weight excluding hydrogens is 122 g/mol. The molecule has 0 amide bonds. The second-order valence-corrected chi connectivity index (χ2v) is 1.47. The Balaban J connectivity index is 0. The van der Waals surface area contributed by atoms with E-state index in [1.807, 2.05) is 0 Å². The lowest BCUT2D eigenvalue weighted by Crippen LogP contribution is -1.60. The van der Waals surface area contributed by atoms with Crippen LogP contribution in [0.5, 0.6) is 0 Å². The van der Waals surface area contributed by atoms with Crippen molar-refractivity contribution >= 4 is 21.4 Å². The normalized spacial score (nSPS) is 7.00. The molecule has 2 nitrogen and oxygen atoms in total. The first-order chi connectivity index (χ1) is 2.41. The molecule has 0 bridgehead atoms. The number of hydrogen-bond donors (Lipinski definition) is 0. The monoisotopic (exact) mass is 130 g/mol. The summed E-state index contributed by atoms with van der Waals surface area (Å²) in [5, 5.41) is 0. The van der Waals surface area contributed by atoms with Gasteiger partial charge in [0.1, 0.15) is 0 Å². The van der Waals surface area contributed by atoms with Gasteiger partial charge in [-0.2, -0.15) is 0 Å². The molecule has 0 rings (SSSR count). The van der Waals surface area contributed by atoms with Crippen LogP contribution in [-0.4, -0.2) is 14.2 Å². The quantitative estimate of drug-likeness (QED) is 0.523. The van der Waals surface area contributed by atoms with Crippen molar-refractivity contribution in [2.45, 2.75) is 0 Å². The van der Waals surface area contributed by atoms with E-state index >= 15 is 0 Å². The van der Waals surface area contributed by atoms with Crippen molar-refractivity contribution in [1.82, 2.24) is 0 Å². The third kappa shape index (κ3) is 8.82. The van der Waals surface area contributed by atoms with Crippen molar-refractivity contribution in [3.05, 3.63) is 0 Å². The van der Waals surface area contributed by atoms with E-state index in [-0.39, 0.29) is 21.4 Å². The van der Waals surface area contributed by atoms with Gasteiger partial charge >= 0.3 is 0 Å². The molecule has 6 heavy (non-hydrogen) atoms. The van der Waals surface area contributed by atoms with Crippen LogP contribution in [0, 0.1) is 0 Å². The standard InChI is InChI=1S/C2H7O2P.ClH/c1-3-5-4-2;/h5H,1-2H3;1H. The zero-order valence-corrected chi connectivity index (χ0v) is 5.54. The summed E-state index contributed by atoms with van der Waals surface area (Å²) in [5.74, 6) is 0. The molecule has 0 aromatic rings. The topological polar surface area (TPSA) is 18.5 Å². The Morgan fingerprint density at radius 2 is 1.50 bits per heavy atom. The molecule has 0 aromatic carbocycles. The minimum atomic E-state index is 0. The highest BCUT2D eigenvalue weighted by molar-refractivity contribution is 7.26. The Labute approximate surface area is 45.6 Å². The van der Waals surface area contributed by atoms with Gasteiger partial charge in [0.15, 0.2) is 9.03 Å². The molecule has 40 valence electrons. The molecule has 0 saturated carbocycles. The molecule has 0 aliphatic rings. The molecule has 0 fully saturated rings. The van der Waals surface area contributed by atoms with Crippen LogP contribution in [0.2, 0.25) is 0 Å². The Bertz CT molecular complexity index is 19.0. The summed E-state index contributed by atoms with van der Waals surface area (Å²) in [5.41, 5.74) is 0. The lowest BCUT2D eigenvalue weighted by atomic mass is 11.8. The minimum Gasteiger partial charge on any atom is -0.340 e. The largest absolute Gasteiger partial charge is 0.340 e. The summed E-state index contributed by atoms with van der Waals surface area (Å²) in [7, 11) is 3.40. The van der Waals surface area contributed by atoms with Gasteiger partial charge in [0.2, 0.25) is 0 Å². The molecule has 0 spiro atoms. The summed E-state index contributed by atoms with van der Waals surface area (Å²) < 4.78 is 8.99. The fourth-order valence-corrected chi connectivity index (χ4v) is 0.250. The molecule has 0 N–H and O–H groups in total. The average molecular weight is 131 g/mol. The molecule has 0 unspecified atom stereocenters. The summed E-state index contributed by atoms with van der Waals surface area (Å²) in [6.45, 7) is 0. The lowest BCUT2D eigenvalue weighted by molar-refractivity contribution is 0.362. The van der Waals surface area contributed by atoms with Gasteiger partial charge in [0.25, 0.3) is 0 Å². The van der Waals surface area contributed by atoms with E-state index < -0.39 is 0 Å². The Morgan fingerprint density at radius 1 is 1.17 bits per heavy atom. The van der Waals surface area contributed by atoms with Gasteiger partial charge in [0.05, 0.1) is 0 Å². The van der Waals surface area contributed by atoms with Gasteiger partial charge in [-0.25, -0.2) is 0 Å². The van der Waals surface area contributed by atoms with Crippen LogP contribution in [0.1, 0.15) is 0 Å². The summed E-state index contributed by atoms with van der Waals surface area (Å²) in [6.07, 6.45) is 0. The van der Waals surface area contributed by atoms with E-state index in [4.69, 9.17) is 0 Å². The molecule has 0 atom stereocenters. The third-order valence-corrected chi connectivity index (χ3v) is 0.500.